The summed E-state index contributed by atoms with van der Waals surface area (Å²) in [6, 6.07) is 16.6. The zero-order chi connectivity index (χ0) is 23.6. The van der Waals surface area contributed by atoms with Gasteiger partial charge in [0.05, 0.1) is 7.11 Å². The lowest BCUT2D eigenvalue weighted by Gasteiger charge is -2.32. The van der Waals surface area contributed by atoms with Crippen molar-refractivity contribution in [2.45, 2.75) is 31.7 Å². The summed E-state index contributed by atoms with van der Waals surface area (Å²) in [6.07, 6.45) is 2.39. The number of carbonyl (C=O) groups excluding carboxylic acids is 2. The summed E-state index contributed by atoms with van der Waals surface area (Å²) in [7, 11) is 1.32. The second-order valence-corrected chi connectivity index (χ2v) is 8.20. The average molecular weight is 447 g/mol. The van der Waals surface area contributed by atoms with Gasteiger partial charge in [-0.05, 0) is 48.6 Å². The van der Waals surface area contributed by atoms with Crippen LogP contribution in [0.5, 0.6) is 0 Å². The molecule has 0 aromatic heterocycles. The zero-order valence-corrected chi connectivity index (χ0v) is 18.8. The number of benzene rings is 2. The minimum absolute atomic E-state index is 0.0319. The van der Waals surface area contributed by atoms with Gasteiger partial charge >= 0.3 is 5.97 Å². The van der Waals surface area contributed by atoms with E-state index >= 15 is 0 Å². The molecular formula is C26H30N4O3. The number of esters is 1. The topological polar surface area (TPSA) is 109 Å². The van der Waals surface area contributed by atoms with E-state index in [1.165, 1.54) is 7.11 Å². The molecule has 1 aliphatic rings. The maximum absolute atomic E-state index is 12.6. The van der Waals surface area contributed by atoms with Crippen molar-refractivity contribution in [3.63, 3.8) is 0 Å². The van der Waals surface area contributed by atoms with Crippen LogP contribution in [0.15, 0.2) is 54.6 Å². The third kappa shape index (κ3) is 7.39. The molecule has 0 radical (unpaired) electrons. The molecule has 1 fully saturated rings. The predicted molar refractivity (Wildman–Crippen MR) is 127 cm³/mol. The van der Waals surface area contributed by atoms with Crippen LogP contribution >= 0.6 is 0 Å². The van der Waals surface area contributed by atoms with Gasteiger partial charge in [0.1, 0.15) is 6.04 Å². The smallest absolute Gasteiger partial charge is 0.328 e. The summed E-state index contributed by atoms with van der Waals surface area (Å²) in [6.45, 7) is 1.32. The SMILES string of the molecule is COC(=O)[C@@H](Cc1ccc(C#Cc2ccccc2)cc1)NC(=O)C[C@@H]1CCCN(C(=N)N)C1. The van der Waals surface area contributed by atoms with Crippen molar-refractivity contribution in [1.29, 1.82) is 5.41 Å². The second-order valence-electron chi connectivity index (χ2n) is 8.20. The summed E-state index contributed by atoms with van der Waals surface area (Å²) >= 11 is 0. The van der Waals surface area contributed by atoms with Gasteiger partial charge in [0.2, 0.25) is 5.91 Å². The highest BCUT2D eigenvalue weighted by Gasteiger charge is 2.26. The highest BCUT2D eigenvalue weighted by molar-refractivity contribution is 5.85. The number of nitrogens with zero attached hydrogens (tertiary/aromatic N) is 1. The molecule has 7 nitrogen and oxygen atoms in total. The zero-order valence-electron chi connectivity index (χ0n) is 18.8. The molecule has 0 unspecified atom stereocenters. The third-order valence-corrected chi connectivity index (χ3v) is 5.67. The molecule has 0 spiro atoms. The highest BCUT2D eigenvalue weighted by Crippen LogP contribution is 2.19. The van der Waals surface area contributed by atoms with Gasteiger partial charge < -0.3 is 20.7 Å². The fourth-order valence-corrected chi connectivity index (χ4v) is 3.93. The normalized spacial score (nSPS) is 16.2. The van der Waals surface area contributed by atoms with E-state index in [4.69, 9.17) is 15.9 Å². The fourth-order valence-electron chi connectivity index (χ4n) is 3.93. The van der Waals surface area contributed by atoms with Crippen molar-refractivity contribution in [1.82, 2.24) is 10.2 Å². The molecule has 7 heteroatoms. The van der Waals surface area contributed by atoms with Crippen LogP contribution in [0.3, 0.4) is 0 Å². The number of nitrogens with two attached hydrogens (primary N) is 1. The second kappa shape index (κ2) is 11.7. The molecule has 0 aliphatic carbocycles. The van der Waals surface area contributed by atoms with E-state index in [0.717, 1.165) is 36.1 Å². The van der Waals surface area contributed by atoms with Crippen LogP contribution in [0.1, 0.15) is 36.0 Å². The van der Waals surface area contributed by atoms with Gasteiger partial charge in [-0.3, -0.25) is 10.2 Å². The lowest BCUT2D eigenvalue weighted by molar-refractivity contribution is -0.145. The van der Waals surface area contributed by atoms with Crippen LogP contribution in [0.2, 0.25) is 0 Å². The number of methoxy groups -OCH3 is 1. The first kappa shape index (κ1) is 23.9. The van der Waals surface area contributed by atoms with E-state index < -0.39 is 12.0 Å². The molecule has 1 amide bonds. The van der Waals surface area contributed by atoms with E-state index in [0.29, 0.717) is 13.0 Å². The Hall–Kier alpha value is -3.79. The number of piperidine rings is 1. The van der Waals surface area contributed by atoms with Gasteiger partial charge in [-0.2, -0.15) is 0 Å². The molecule has 2 aromatic carbocycles. The van der Waals surface area contributed by atoms with Gasteiger partial charge in [-0.25, -0.2) is 4.79 Å². The Morgan fingerprint density at radius 1 is 1.15 bits per heavy atom. The Bertz CT molecular complexity index is 1020. The number of carbonyl (C=O) groups is 2. The maximum atomic E-state index is 12.6. The van der Waals surface area contributed by atoms with Gasteiger partial charge in [-0.1, -0.05) is 42.2 Å². The third-order valence-electron chi connectivity index (χ3n) is 5.67. The number of likely N-dealkylation sites (tertiary alicyclic amines) is 1. The van der Waals surface area contributed by atoms with E-state index in [1.54, 1.807) is 4.90 Å². The van der Waals surface area contributed by atoms with Crippen molar-refractivity contribution in [2.24, 2.45) is 11.7 Å². The minimum atomic E-state index is -0.767. The standard InChI is InChI=1S/C26H30N4O3/c1-33-25(32)23(29-24(31)17-22-8-5-15-30(18-22)26(27)28)16-21-13-11-20(12-14-21)10-9-19-6-3-2-4-7-19/h2-4,6-7,11-14,22-23H,5,8,15-18H2,1H3,(H3,27,28)(H,29,31)/t22-,23+/m0/s1. The Morgan fingerprint density at radius 3 is 2.45 bits per heavy atom. The summed E-state index contributed by atoms with van der Waals surface area (Å²) in [5, 5.41) is 10.4. The van der Waals surface area contributed by atoms with Crippen molar-refractivity contribution in [2.75, 3.05) is 20.2 Å². The molecule has 2 atom stereocenters. The monoisotopic (exact) mass is 446 g/mol. The summed E-state index contributed by atoms with van der Waals surface area (Å²) in [4.78, 5) is 26.7. The molecule has 0 bridgehead atoms. The lowest BCUT2D eigenvalue weighted by atomic mass is 9.94. The number of ether oxygens (including phenoxy) is 1. The molecule has 172 valence electrons. The first-order valence-electron chi connectivity index (χ1n) is 11.1. The number of rotatable bonds is 6. The van der Waals surface area contributed by atoms with Crippen LogP contribution in [0, 0.1) is 23.2 Å². The number of guanidine groups is 1. The van der Waals surface area contributed by atoms with E-state index in [1.807, 2.05) is 54.6 Å². The van der Waals surface area contributed by atoms with Crippen LogP contribution in [0.4, 0.5) is 0 Å². The van der Waals surface area contributed by atoms with Crippen molar-refractivity contribution in [3.05, 3.63) is 71.3 Å². The molecule has 4 N–H and O–H groups in total. The average Bonchev–Trinajstić information content (AvgIpc) is 2.83. The Balaban J connectivity index is 1.59. The minimum Gasteiger partial charge on any atom is -0.467 e. The number of amides is 1. The van der Waals surface area contributed by atoms with Crippen molar-refractivity contribution < 1.29 is 14.3 Å². The van der Waals surface area contributed by atoms with Gasteiger partial charge in [0.25, 0.3) is 0 Å². The summed E-state index contributed by atoms with van der Waals surface area (Å²) < 4.78 is 4.91. The maximum Gasteiger partial charge on any atom is 0.328 e. The van der Waals surface area contributed by atoms with E-state index in [9.17, 15) is 9.59 Å². The van der Waals surface area contributed by atoms with Crippen molar-refractivity contribution in [3.8, 4) is 11.8 Å². The molecule has 33 heavy (non-hydrogen) atoms. The van der Waals surface area contributed by atoms with Gasteiger partial charge in [-0.15, -0.1) is 0 Å². The molecule has 3 rings (SSSR count). The summed E-state index contributed by atoms with van der Waals surface area (Å²) in [5.41, 5.74) is 8.30. The first-order valence-corrected chi connectivity index (χ1v) is 11.1. The number of nitrogens with one attached hydrogen (secondary N) is 2. The first-order chi connectivity index (χ1) is 15.9. The van der Waals surface area contributed by atoms with Crippen molar-refractivity contribution >= 4 is 17.8 Å². The lowest BCUT2D eigenvalue weighted by Crippen LogP contribution is -2.46. The highest BCUT2D eigenvalue weighted by atomic mass is 16.5. The van der Waals surface area contributed by atoms with E-state index in [-0.39, 0.29) is 24.2 Å². The largest absolute Gasteiger partial charge is 0.467 e. The Morgan fingerprint density at radius 2 is 1.82 bits per heavy atom. The van der Waals surface area contributed by atoms with Gasteiger partial charge in [0.15, 0.2) is 5.96 Å². The van der Waals surface area contributed by atoms with Crippen LogP contribution < -0.4 is 11.1 Å². The number of hydrogen-bond acceptors (Lipinski definition) is 4. The molecule has 2 aromatic rings. The molecule has 1 heterocycles. The number of hydrogen-bond donors (Lipinski definition) is 3. The fraction of sp³-hybridized carbons (Fsp3) is 0.346. The van der Waals surface area contributed by atoms with Crippen LogP contribution in [0.25, 0.3) is 0 Å². The molecule has 1 aliphatic heterocycles. The Labute approximate surface area is 194 Å². The van der Waals surface area contributed by atoms with Crippen LogP contribution in [-0.4, -0.2) is 49.0 Å². The predicted octanol–water partition coefficient (Wildman–Crippen LogP) is 2.28. The molecule has 0 saturated carbocycles. The Kier molecular flexibility index (Phi) is 8.48. The van der Waals surface area contributed by atoms with Gasteiger partial charge in [0, 0.05) is 37.1 Å². The quantitative estimate of drug-likeness (QED) is 0.273. The summed E-state index contributed by atoms with van der Waals surface area (Å²) in [5.74, 6) is 5.69. The van der Waals surface area contributed by atoms with Crippen LogP contribution in [-0.2, 0) is 20.7 Å². The molecular weight excluding hydrogens is 416 g/mol. The van der Waals surface area contributed by atoms with E-state index in [2.05, 4.69) is 17.2 Å². The molecule has 1 saturated heterocycles.